The first-order chi connectivity index (χ1) is 18.5. The highest BCUT2D eigenvalue weighted by molar-refractivity contribution is 7.10. The number of hydrogen-bond acceptors (Lipinski definition) is 4. The Hall–Kier alpha value is -3.19. The number of halogens is 1. The first kappa shape index (κ1) is 26.4. The summed E-state index contributed by atoms with van der Waals surface area (Å²) < 4.78 is 5.52. The maximum absolute atomic E-state index is 13.9. The monoisotopic (exact) mass is 546 g/mol. The Balaban J connectivity index is 1.41. The van der Waals surface area contributed by atoms with E-state index in [-0.39, 0.29) is 24.4 Å². The zero-order valence-corrected chi connectivity index (χ0v) is 23.0. The number of ether oxygens (including phenoxy) is 1. The Kier molecular flexibility index (Phi) is 8.42. The van der Waals surface area contributed by atoms with E-state index in [9.17, 15) is 9.59 Å². The Morgan fingerprint density at radius 3 is 2.63 bits per heavy atom. The lowest BCUT2D eigenvalue weighted by atomic mass is 9.93. The summed E-state index contributed by atoms with van der Waals surface area (Å²) in [6, 6.07) is 23.3. The summed E-state index contributed by atoms with van der Waals surface area (Å²) >= 11 is 7.90. The van der Waals surface area contributed by atoms with Crippen LogP contribution in [-0.4, -0.2) is 54.5 Å². The molecule has 3 aromatic carbocycles. The lowest BCUT2D eigenvalue weighted by molar-refractivity contribution is -0.134. The zero-order chi connectivity index (χ0) is 26.5. The summed E-state index contributed by atoms with van der Waals surface area (Å²) in [6.45, 7) is 4.19. The van der Waals surface area contributed by atoms with Crippen LogP contribution in [0.1, 0.15) is 45.7 Å². The third kappa shape index (κ3) is 5.78. The van der Waals surface area contributed by atoms with Gasteiger partial charge in [0, 0.05) is 41.8 Å². The van der Waals surface area contributed by atoms with Crippen LogP contribution in [-0.2, 0) is 16.0 Å². The van der Waals surface area contributed by atoms with E-state index in [1.807, 2.05) is 78.6 Å². The average Bonchev–Trinajstić information content (AvgIpc) is 3.43. The van der Waals surface area contributed by atoms with Gasteiger partial charge in [-0.05, 0) is 77.4 Å². The molecule has 0 saturated heterocycles. The molecule has 2 amide bonds. The van der Waals surface area contributed by atoms with Crippen molar-refractivity contribution in [3.63, 3.8) is 0 Å². The van der Waals surface area contributed by atoms with Crippen LogP contribution >= 0.6 is 22.9 Å². The van der Waals surface area contributed by atoms with E-state index < -0.39 is 0 Å². The summed E-state index contributed by atoms with van der Waals surface area (Å²) in [5, 5.41) is 4.83. The largest absolute Gasteiger partial charge is 0.382 e. The maximum atomic E-state index is 13.9. The molecule has 5 nitrogen and oxygen atoms in total. The summed E-state index contributed by atoms with van der Waals surface area (Å²) in [4.78, 5) is 32.5. The van der Waals surface area contributed by atoms with Crippen molar-refractivity contribution in [1.82, 2.24) is 9.80 Å². The molecule has 0 bridgehead atoms. The summed E-state index contributed by atoms with van der Waals surface area (Å²) in [7, 11) is 0. The highest BCUT2D eigenvalue weighted by Crippen LogP contribution is 2.38. The normalized spacial score (nSPS) is 14.9. The highest BCUT2D eigenvalue weighted by Gasteiger charge is 2.34. The van der Waals surface area contributed by atoms with E-state index in [2.05, 4.69) is 11.4 Å². The quantitative estimate of drug-likeness (QED) is 0.222. The minimum Gasteiger partial charge on any atom is -0.382 e. The standard InChI is InChI=1S/C31H31ClN2O3S/c1-2-37-18-5-16-33(31(36)25-9-8-22-6-3-4-7-24(22)20-25)21-29(35)34-17-14-28-27(15-19-38-28)30(34)23-10-12-26(32)13-11-23/h3-4,6-13,15,19-20,30H,2,5,14,16-18,21H2,1H3. The number of nitrogens with zero attached hydrogens (tertiary/aromatic N) is 2. The van der Waals surface area contributed by atoms with E-state index in [4.69, 9.17) is 16.3 Å². The van der Waals surface area contributed by atoms with Crippen molar-refractivity contribution < 1.29 is 14.3 Å². The predicted octanol–water partition coefficient (Wildman–Crippen LogP) is 6.60. The second kappa shape index (κ2) is 12.1. The number of amides is 2. The Morgan fingerprint density at radius 2 is 1.84 bits per heavy atom. The molecule has 2 heterocycles. The van der Waals surface area contributed by atoms with Crippen molar-refractivity contribution in [2.24, 2.45) is 0 Å². The van der Waals surface area contributed by atoms with Crippen LogP contribution in [0.3, 0.4) is 0 Å². The molecule has 1 unspecified atom stereocenters. The fourth-order valence-electron chi connectivity index (χ4n) is 5.10. The van der Waals surface area contributed by atoms with Gasteiger partial charge in [0.1, 0.15) is 6.54 Å². The van der Waals surface area contributed by atoms with Gasteiger partial charge in [-0.15, -0.1) is 11.3 Å². The van der Waals surface area contributed by atoms with Gasteiger partial charge in [-0.25, -0.2) is 0 Å². The zero-order valence-electron chi connectivity index (χ0n) is 21.4. The van der Waals surface area contributed by atoms with Crippen molar-refractivity contribution in [2.45, 2.75) is 25.8 Å². The topological polar surface area (TPSA) is 49.9 Å². The van der Waals surface area contributed by atoms with Gasteiger partial charge < -0.3 is 14.5 Å². The molecule has 4 aromatic rings. The van der Waals surface area contributed by atoms with Crippen LogP contribution in [0.15, 0.2) is 78.2 Å². The van der Waals surface area contributed by atoms with Crippen molar-refractivity contribution in [3.8, 4) is 0 Å². The molecular formula is C31H31ClN2O3S. The molecule has 0 N–H and O–H groups in total. The molecule has 0 fully saturated rings. The predicted molar refractivity (Wildman–Crippen MR) is 154 cm³/mol. The highest BCUT2D eigenvalue weighted by atomic mass is 35.5. The summed E-state index contributed by atoms with van der Waals surface area (Å²) in [5.74, 6) is -0.204. The van der Waals surface area contributed by atoms with Gasteiger partial charge in [0.2, 0.25) is 5.91 Å². The molecule has 196 valence electrons. The minimum atomic E-state index is -0.198. The van der Waals surface area contributed by atoms with Gasteiger partial charge in [-0.1, -0.05) is 54.1 Å². The van der Waals surface area contributed by atoms with Crippen molar-refractivity contribution >= 4 is 45.5 Å². The fourth-order valence-corrected chi connectivity index (χ4v) is 6.13. The molecule has 0 saturated carbocycles. The van der Waals surface area contributed by atoms with E-state index in [0.717, 1.165) is 28.3 Å². The second-order valence-electron chi connectivity index (χ2n) is 9.43. The van der Waals surface area contributed by atoms with Crippen LogP contribution in [0.2, 0.25) is 5.02 Å². The van der Waals surface area contributed by atoms with Crippen LogP contribution in [0.25, 0.3) is 10.8 Å². The molecular weight excluding hydrogens is 516 g/mol. The first-order valence-electron chi connectivity index (χ1n) is 13.0. The maximum Gasteiger partial charge on any atom is 0.254 e. The molecule has 0 radical (unpaired) electrons. The van der Waals surface area contributed by atoms with E-state index >= 15 is 0 Å². The number of thiophene rings is 1. The van der Waals surface area contributed by atoms with E-state index in [1.165, 1.54) is 4.88 Å². The summed E-state index contributed by atoms with van der Waals surface area (Å²) in [5.41, 5.74) is 2.76. The van der Waals surface area contributed by atoms with Gasteiger partial charge in [0.25, 0.3) is 5.91 Å². The van der Waals surface area contributed by atoms with Gasteiger partial charge in [0.15, 0.2) is 0 Å². The summed E-state index contributed by atoms with van der Waals surface area (Å²) in [6.07, 6.45) is 1.47. The van der Waals surface area contributed by atoms with E-state index in [1.54, 1.807) is 16.2 Å². The van der Waals surface area contributed by atoms with Crippen molar-refractivity contribution in [3.05, 3.63) is 105 Å². The molecule has 38 heavy (non-hydrogen) atoms. The molecule has 1 atom stereocenters. The van der Waals surface area contributed by atoms with Crippen LogP contribution < -0.4 is 0 Å². The van der Waals surface area contributed by atoms with Gasteiger partial charge in [0.05, 0.1) is 6.04 Å². The van der Waals surface area contributed by atoms with Crippen LogP contribution in [0, 0.1) is 0 Å². The van der Waals surface area contributed by atoms with Crippen molar-refractivity contribution in [1.29, 1.82) is 0 Å². The molecule has 1 aliphatic heterocycles. The number of carbonyl (C=O) groups excluding carboxylic acids is 2. The molecule has 7 heteroatoms. The first-order valence-corrected chi connectivity index (χ1v) is 14.3. The Labute approximate surface area is 232 Å². The Bertz CT molecular complexity index is 1420. The molecule has 0 aliphatic carbocycles. The number of hydrogen-bond donors (Lipinski definition) is 0. The SMILES string of the molecule is CCOCCCN(CC(=O)N1CCc2sccc2C1c1ccc(Cl)cc1)C(=O)c1ccc2ccccc2c1. The third-order valence-electron chi connectivity index (χ3n) is 7.00. The fraction of sp³-hybridized carbons (Fsp3) is 0.290. The second-order valence-corrected chi connectivity index (χ2v) is 10.9. The van der Waals surface area contributed by atoms with Crippen LogP contribution in [0.5, 0.6) is 0 Å². The average molecular weight is 547 g/mol. The minimum absolute atomic E-state index is 0.0152. The van der Waals surface area contributed by atoms with Gasteiger partial charge >= 0.3 is 0 Å². The smallest absolute Gasteiger partial charge is 0.254 e. The lowest BCUT2D eigenvalue weighted by Crippen LogP contribution is -2.47. The number of benzene rings is 3. The Morgan fingerprint density at radius 1 is 1.05 bits per heavy atom. The lowest BCUT2D eigenvalue weighted by Gasteiger charge is -2.37. The van der Waals surface area contributed by atoms with Crippen LogP contribution in [0.4, 0.5) is 0 Å². The molecule has 1 aliphatic rings. The number of carbonyl (C=O) groups is 2. The molecule has 1 aromatic heterocycles. The third-order valence-corrected chi connectivity index (χ3v) is 8.25. The molecule has 5 rings (SSSR count). The number of fused-ring (bicyclic) bond motifs is 2. The van der Waals surface area contributed by atoms with Gasteiger partial charge in [-0.2, -0.15) is 0 Å². The number of rotatable bonds is 9. The van der Waals surface area contributed by atoms with Gasteiger partial charge in [-0.3, -0.25) is 9.59 Å². The van der Waals surface area contributed by atoms with E-state index in [0.29, 0.717) is 43.3 Å². The molecule has 0 spiro atoms. The van der Waals surface area contributed by atoms with Crippen molar-refractivity contribution in [2.75, 3.05) is 32.8 Å².